The van der Waals surface area contributed by atoms with Gasteiger partial charge in [0.2, 0.25) is 0 Å². The Morgan fingerprint density at radius 2 is 2.30 bits per heavy atom. The lowest BCUT2D eigenvalue weighted by Gasteiger charge is -2.02. The molecular weight excluding hydrogens is 348 g/mol. The van der Waals surface area contributed by atoms with Crippen LogP contribution in [0.3, 0.4) is 0 Å². The second-order valence-electron chi connectivity index (χ2n) is 4.60. The fourth-order valence-electron chi connectivity index (χ4n) is 1.72. The zero-order chi connectivity index (χ0) is 14.2. The standard InChI is InChI=1S/C11H13BrN4O3S/c12-11-10(3-9(19-11)6-13-7-1-2-7)20(17,18)16-8-4-14-15-5-8/h3-5,7,13,16H,1-2,6H2,(H,14,15). The summed E-state index contributed by atoms with van der Waals surface area (Å²) in [4.78, 5) is 0.0753. The molecule has 1 aliphatic rings. The summed E-state index contributed by atoms with van der Waals surface area (Å²) >= 11 is 3.14. The molecule has 2 aromatic rings. The van der Waals surface area contributed by atoms with E-state index in [2.05, 4.69) is 36.2 Å². The first-order valence-corrected chi connectivity index (χ1v) is 8.35. The monoisotopic (exact) mass is 360 g/mol. The molecule has 7 nitrogen and oxygen atoms in total. The summed E-state index contributed by atoms with van der Waals surface area (Å²) in [7, 11) is -3.69. The zero-order valence-corrected chi connectivity index (χ0v) is 12.8. The third-order valence-corrected chi connectivity index (χ3v) is 5.13. The van der Waals surface area contributed by atoms with Crippen LogP contribution in [0.1, 0.15) is 18.6 Å². The molecule has 0 aliphatic heterocycles. The van der Waals surface area contributed by atoms with Gasteiger partial charge in [0, 0.05) is 18.3 Å². The molecule has 108 valence electrons. The number of nitrogens with one attached hydrogen (secondary N) is 3. The van der Waals surface area contributed by atoms with Crippen molar-refractivity contribution in [2.45, 2.75) is 30.3 Å². The summed E-state index contributed by atoms with van der Waals surface area (Å²) in [5, 5.41) is 9.49. The summed E-state index contributed by atoms with van der Waals surface area (Å²) < 4.78 is 32.5. The average Bonchev–Trinajstić information content (AvgIpc) is 2.93. The Balaban J connectivity index is 1.77. The van der Waals surface area contributed by atoms with Gasteiger partial charge in [0.05, 0.1) is 18.4 Å². The van der Waals surface area contributed by atoms with E-state index in [0.29, 0.717) is 24.0 Å². The Labute approximate surface area is 124 Å². The van der Waals surface area contributed by atoms with E-state index in [9.17, 15) is 8.42 Å². The molecular formula is C11H13BrN4O3S. The first-order valence-electron chi connectivity index (χ1n) is 6.08. The van der Waals surface area contributed by atoms with Crippen LogP contribution in [0.2, 0.25) is 0 Å². The fraction of sp³-hybridized carbons (Fsp3) is 0.364. The molecule has 1 saturated carbocycles. The molecule has 0 atom stereocenters. The number of sulfonamides is 1. The quantitative estimate of drug-likeness (QED) is 0.729. The minimum Gasteiger partial charge on any atom is -0.451 e. The van der Waals surface area contributed by atoms with E-state index in [1.807, 2.05) is 0 Å². The van der Waals surface area contributed by atoms with E-state index < -0.39 is 10.0 Å². The highest BCUT2D eigenvalue weighted by molar-refractivity contribution is 9.10. The van der Waals surface area contributed by atoms with Gasteiger partial charge in [0.25, 0.3) is 10.0 Å². The van der Waals surface area contributed by atoms with Crippen molar-refractivity contribution in [1.29, 1.82) is 0 Å². The second-order valence-corrected chi connectivity index (χ2v) is 6.97. The molecule has 1 aliphatic carbocycles. The average molecular weight is 361 g/mol. The predicted octanol–water partition coefficient (Wildman–Crippen LogP) is 1.82. The van der Waals surface area contributed by atoms with Crippen LogP contribution in [0.15, 0.2) is 32.4 Å². The number of aromatic amines is 1. The minimum absolute atomic E-state index is 0.0753. The van der Waals surface area contributed by atoms with E-state index in [4.69, 9.17) is 4.42 Å². The molecule has 20 heavy (non-hydrogen) atoms. The van der Waals surface area contributed by atoms with Gasteiger partial charge in [0.15, 0.2) is 4.67 Å². The van der Waals surface area contributed by atoms with Crippen LogP contribution in [0, 0.1) is 0 Å². The van der Waals surface area contributed by atoms with Gasteiger partial charge >= 0.3 is 0 Å². The van der Waals surface area contributed by atoms with Crippen LogP contribution in [0.4, 0.5) is 5.69 Å². The summed E-state index contributed by atoms with van der Waals surface area (Å²) in [5.74, 6) is 0.580. The van der Waals surface area contributed by atoms with Crippen LogP contribution >= 0.6 is 15.9 Å². The predicted molar refractivity (Wildman–Crippen MR) is 75.7 cm³/mol. The van der Waals surface area contributed by atoms with Crippen molar-refractivity contribution in [3.63, 3.8) is 0 Å². The Morgan fingerprint density at radius 1 is 1.50 bits per heavy atom. The normalized spacial score (nSPS) is 15.4. The topological polar surface area (TPSA) is 100 Å². The molecule has 2 aromatic heterocycles. The molecule has 3 N–H and O–H groups in total. The van der Waals surface area contributed by atoms with Crippen LogP contribution in [0.25, 0.3) is 0 Å². The Morgan fingerprint density at radius 3 is 2.95 bits per heavy atom. The van der Waals surface area contributed by atoms with E-state index in [1.54, 1.807) is 0 Å². The lowest BCUT2D eigenvalue weighted by molar-refractivity contribution is 0.460. The highest BCUT2D eigenvalue weighted by Crippen LogP contribution is 2.28. The smallest absolute Gasteiger partial charge is 0.266 e. The van der Waals surface area contributed by atoms with Crippen molar-refractivity contribution in [1.82, 2.24) is 15.5 Å². The van der Waals surface area contributed by atoms with Crippen molar-refractivity contribution in [2.75, 3.05) is 4.72 Å². The summed E-state index contributed by atoms with van der Waals surface area (Å²) in [5.41, 5.74) is 0.371. The third kappa shape index (κ3) is 3.05. The van der Waals surface area contributed by atoms with Crippen LogP contribution in [-0.4, -0.2) is 24.7 Å². The molecule has 3 rings (SSSR count). The number of halogens is 1. The van der Waals surface area contributed by atoms with Gasteiger partial charge in [-0.05, 0) is 28.8 Å². The highest BCUT2D eigenvalue weighted by atomic mass is 79.9. The van der Waals surface area contributed by atoms with E-state index in [-0.39, 0.29) is 9.56 Å². The summed E-state index contributed by atoms with van der Waals surface area (Å²) in [6.07, 6.45) is 5.17. The number of furan rings is 1. The molecule has 9 heteroatoms. The van der Waals surface area contributed by atoms with Crippen molar-refractivity contribution in [3.8, 4) is 0 Å². The molecule has 0 radical (unpaired) electrons. The molecule has 2 heterocycles. The maximum atomic E-state index is 12.2. The van der Waals surface area contributed by atoms with Gasteiger partial charge in [-0.2, -0.15) is 5.10 Å². The van der Waals surface area contributed by atoms with Gasteiger partial charge in [-0.1, -0.05) is 0 Å². The Bertz CT molecular complexity index is 691. The van der Waals surface area contributed by atoms with Gasteiger partial charge in [-0.15, -0.1) is 0 Å². The number of hydrogen-bond donors (Lipinski definition) is 3. The van der Waals surface area contributed by atoms with Gasteiger partial charge < -0.3 is 9.73 Å². The van der Waals surface area contributed by atoms with Crippen LogP contribution < -0.4 is 10.0 Å². The maximum absolute atomic E-state index is 12.2. The van der Waals surface area contributed by atoms with E-state index >= 15 is 0 Å². The summed E-state index contributed by atoms with van der Waals surface area (Å²) in [6.45, 7) is 0.518. The van der Waals surface area contributed by atoms with Crippen molar-refractivity contribution in [3.05, 3.63) is 28.9 Å². The highest BCUT2D eigenvalue weighted by Gasteiger charge is 2.25. The lowest BCUT2D eigenvalue weighted by Crippen LogP contribution is -2.15. The zero-order valence-electron chi connectivity index (χ0n) is 10.4. The van der Waals surface area contributed by atoms with Gasteiger partial charge in [0.1, 0.15) is 10.7 Å². The second kappa shape index (κ2) is 5.23. The maximum Gasteiger partial charge on any atom is 0.266 e. The van der Waals surface area contributed by atoms with E-state index in [1.165, 1.54) is 18.5 Å². The lowest BCUT2D eigenvalue weighted by atomic mass is 10.4. The van der Waals surface area contributed by atoms with Gasteiger partial charge in [-0.3, -0.25) is 9.82 Å². The molecule has 0 saturated heterocycles. The molecule has 0 aromatic carbocycles. The van der Waals surface area contributed by atoms with Crippen molar-refractivity contribution < 1.29 is 12.8 Å². The fourth-order valence-corrected chi connectivity index (χ4v) is 3.75. The van der Waals surface area contributed by atoms with Crippen molar-refractivity contribution >= 4 is 31.6 Å². The van der Waals surface area contributed by atoms with Gasteiger partial charge in [-0.25, -0.2) is 8.42 Å². The SMILES string of the molecule is O=S(=O)(Nc1cn[nH]c1)c1cc(CNC2CC2)oc1Br. The number of H-pyrrole nitrogens is 1. The van der Waals surface area contributed by atoms with Crippen LogP contribution in [0.5, 0.6) is 0 Å². The third-order valence-electron chi connectivity index (χ3n) is 2.89. The van der Waals surface area contributed by atoms with Crippen LogP contribution in [-0.2, 0) is 16.6 Å². The molecule has 0 spiro atoms. The number of aromatic nitrogens is 2. The Hall–Kier alpha value is -1.32. The number of anilines is 1. The molecule has 1 fully saturated rings. The first-order chi connectivity index (χ1) is 9.54. The summed E-state index contributed by atoms with van der Waals surface area (Å²) in [6, 6.07) is 2.05. The molecule has 0 unspecified atom stereocenters. The van der Waals surface area contributed by atoms with Crippen molar-refractivity contribution in [2.24, 2.45) is 0 Å². The first kappa shape index (κ1) is 13.7. The number of nitrogens with zero attached hydrogens (tertiary/aromatic N) is 1. The Kier molecular flexibility index (Phi) is 3.57. The molecule has 0 bridgehead atoms. The minimum atomic E-state index is -3.69. The van der Waals surface area contributed by atoms with E-state index in [0.717, 1.165) is 12.8 Å². The molecule has 0 amide bonds. The largest absolute Gasteiger partial charge is 0.451 e. The number of hydrogen-bond acceptors (Lipinski definition) is 5. The number of rotatable bonds is 6.